The zero-order chi connectivity index (χ0) is 26.7. The van der Waals surface area contributed by atoms with Crippen molar-refractivity contribution in [2.45, 2.75) is 0 Å². The maximum atomic E-state index is 15.6. The molecule has 0 fully saturated rings. The van der Waals surface area contributed by atoms with Crippen LogP contribution in [0, 0.1) is 0 Å². The summed E-state index contributed by atoms with van der Waals surface area (Å²) in [4.78, 5) is 4.58. The predicted molar refractivity (Wildman–Crippen MR) is 160 cm³/mol. The van der Waals surface area contributed by atoms with Crippen LogP contribution >= 0.6 is 7.14 Å². The van der Waals surface area contributed by atoms with Gasteiger partial charge in [0.2, 0.25) is 0 Å². The van der Waals surface area contributed by atoms with E-state index in [1.165, 1.54) is 0 Å². The molecule has 5 aromatic carbocycles. The Balaban J connectivity index is 1.39. The van der Waals surface area contributed by atoms with Crippen LogP contribution in [0.15, 0.2) is 134 Å². The molecule has 0 aliphatic carbocycles. The molecule has 2 aliphatic heterocycles. The number of nitrogens with zero attached hydrogens (tertiary/aromatic N) is 1. The summed E-state index contributed by atoms with van der Waals surface area (Å²) in [5, 5.41) is 1.95. The van der Waals surface area contributed by atoms with E-state index in [0.29, 0.717) is 38.9 Å². The minimum atomic E-state index is -3.36. The quantitative estimate of drug-likeness (QED) is 0.216. The van der Waals surface area contributed by atoms with Gasteiger partial charge in [0.05, 0.1) is 16.3 Å². The van der Waals surface area contributed by atoms with Crippen LogP contribution in [0.4, 0.5) is 0 Å². The maximum Gasteiger partial charge on any atom is 0.185 e. The molecule has 8 rings (SSSR count). The van der Waals surface area contributed by atoms with Crippen LogP contribution in [0.25, 0.3) is 33.5 Å². The standard InChI is InChI=1S/C35H22NO3P/c37-40-32-18-14-25(23-9-3-1-4-10-23)21-30(32)38-29-17-16-27(28-13-7-8-20-36-28)34(35(29)40)39-31-22-26(15-19-33(31)40)24-11-5-2-6-12-24/h1-22H. The number of benzene rings is 5. The molecule has 2 aliphatic rings. The summed E-state index contributed by atoms with van der Waals surface area (Å²) in [7, 11) is -3.36. The van der Waals surface area contributed by atoms with E-state index in [-0.39, 0.29) is 0 Å². The van der Waals surface area contributed by atoms with Crippen molar-refractivity contribution in [2.24, 2.45) is 0 Å². The molecule has 0 saturated carbocycles. The second-order valence-corrected chi connectivity index (χ2v) is 12.5. The monoisotopic (exact) mass is 535 g/mol. The van der Waals surface area contributed by atoms with Gasteiger partial charge in [-0.15, -0.1) is 0 Å². The van der Waals surface area contributed by atoms with Gasteiger partial charge in [-0.25, -0.2) is 0 Å². The summed E-state index contributed by atoms with van der Waals surface area (Å²) in [5.74, 6) is 2.28. The molecule has 0 bridgehead atoms. The molecule has 1 aromatic heterocycles. The van der Waals surface area contributed by atoms with E-state index in [1.54, 1.807) is 6.20 Å². The Hall–Kier alpha value is -4.92. The fraction of sp³-hybridized carbons (Fsp3) is 0. The fourth-order valence-electron chi connectivity index (χ4n) is 5.69. The molecular weight excluding hydrogens is 513 g/mol. The molecule has 0 N–H and O–H groups in total. The van der Waals surface area contributed by atoms with Gasteiger partial charge < -0.3 is 14.0 Å². The largest absolute Gasteiger partial charge is 0.456 e. The summed E-state index contributed by atoms with van der Waals surface area (Å²) < 4.78 is 28.8. The first-order valence-corrected chi connectivity index (χ1v) is 14.9. The van der Waals surface area contributed by atoms with Gasteiger partial charge in [-0.2, -0.15) is 0 Å². The van der Waals surface area contributed by atoms with E-state index in [2.05, 4.69) is 29.2 Å². The molecule has 3 heterocycles. The van der Waals surface area contributed by atoms with Crippen LogP contribution in [0.1, 0.15) is 0 Å². The number of pyridine rings is 1. The Bertz CT molecular complexity index is 1960. The lowest BCUT2D eigenvalue weighted by Crippen LogP contribution is -2.35. The van der Waals surface area contributed by atoms with Gasteiger partial charge in [0.15, 0.2) is 12.9 Å². The van der Waals surface area contributed by atoms with Crippen molar-refractivity contribution < 1.29 is 14.0 Å². The predicted octanol–water partition coefficient (Wildman–Crippen LogP) is 7.93. The maximum absolute atomic E-state index is 15.6. The number of aromatic nitrogens is 1. The Labute approximate surface area is 231 Å². The summed E-state index contributed by atoms with van der Waals surface area (Å²) in [6.07, 6.45) is 1.75. The highest BCUT2D eigenvalue weighted by Gasteiger charge is 2.47. The zero-order valence-corrected chi connectivity index (χ0v) is 22.2. The van der Waals surface area contributed by atoms with E-state index >= 15 is 4.57 Å². The lowest BCUT2D eigenvalue weighted by molar-refractivity contribution is 0.463. The van der Waals surface area contributed by atoms with Gasteiger partial charge in [-0.1, -0.05) is 78.9 Å². The number of fused-ring (bicyclic) bond motifs is 4. The topological polar surface area (TPSA) is 48.4 Å². The Kier molecular flexibility index (Phi) is 5.07. The SMILES string of the molecule is O=P12c3ccc(-c4ccccc4)cc3Oc3ccc(-c4ccccn4)c(c31)Oc1cc(-c3ccccc3)ccc12. The van der Waals surface area contributed by atoms with Crippen LogP contribution in [0.3, 0.4) is 0 Å². The van der Waals surface area contributed by atoms with Crippen LogP contribution in [-0.2, 0) is 4.57 Å². The summed E-state index contributed by atoms with van der Waals surface area (Å²) in [5.41, 5.74) is 5.68. The molecule has 0 spiro atoms. The summed E-state index contributed by atoms with van der Waals surface area (Å²) in [6.45, 7) is 0. The molecule has 0 saturated heterocycles. The van der Waals surface area contributed by atoms with Crippen molar-refractivity contribution in [1.82, 2.24) is 4.98 Å². The highest BCUT2D eigenvalue weighted by atomic mass is 31.2. The second kappa shape index (κ2) is 8.81. The lowest BCUT2D eigenvalue weighted by atomic mass is 10.0. The molecule has 5 heteroatoms. The third-order valence-electron chi connectivity index (χ3n) is 7.59. The average molecular weight is 536 g/mol. The molecule has 1 atom stereocenters. The Morgan fingerprint density at radius 2 is 1.12 bits per heavy atom. The zero-order valence-electron chi connectivity index (χ0n) is 21.3. The minimum absolute atomic E-state index is 0.537. The van der Waals surface area contributed by atoms with E-state index < -0.39 is 7.14 Å². The molecule has 0 radical (unpaired) electrons. The molecule has 190 valence electrons. The van der Waals surface area contributed by atoms with E-state index in [9.17, 15) is 0 Å². The van der Waals surface area contributed by atoms with Crippen molar-refractivity contribution in [1.29, 1.82) is 0 Å². The smallest absolute Gasteiger partial charge is 0.185 e. The molecule has 0 amide bonds. The molecule has 40 heavy (non-hydrogen) atoms. The van der Waals surface area contributed by atoms with Gasteiger partial charge >= 0.3 is 0 Å². The van der Waals surface area contributed by atoms with Crippen LogP contribution in [-0.4, -0.2) is 4.98 Å². The van der Waals surface area contributed by atoms with Crippen molar-refractivity contribution in [3.8, 4) is 56.5 Å². The Morgan fingerprint density at radius 1 is 0.525 bits per heavy atom. The number of rotatable bonds is 3. The third kappa shape index (κ3) is 3.40. The van der Waals surface area contributed by atoms with E-state index in [0.717, 1.165) is 33.5 Å². The molecular formula is C35H22NO3P. The summed E-state index contributed by atoms with van der Waals surface area (Å²) in [6, 6.07) is 41.8. The lowest BCUT2D eigenvalue weighted by Gasteiger charge is -2.35. The van der Waals surface area contributed by atoms with Gasteiger partial charge in [0, 0.05) is 11.8 Å². The highest BCUT2D eigenvalue weighted by Crippen LogP contribution is 2.60. The number of ether oxygens (including phenoxy) is 2. The van der Waals surface area contributed by atoms with Gasteiger partial charge in [-0.05, 0) is 70.8 Å². The van der Waals surface area contributed by atoms with Crippen molar-refractivity contribution in [2.75, 3.05) is 0 Å². The highest BCUT2D eigenvalue weighted by molar-refractivity contribution is 7.86. The van der Waals surface area contributed by atoms with Gasteiger partial charge in [0.25, 0.3) is 0 Å². The molecule has 6 aromatic rings. The van der Waals surface area contributed by atoms with Gasteiger partial charge in [0.1, 0.15) is 22.6 Å². The van der Waals surface area contributed by atoms with E-state index in [1.807, 2.05) is 103 Å². The van der Waals surface area contributed by atoms with E-state index in [4.69, 9.17) is 9.47 Å². The Morgan fingerprint density at radius 3 is 1.73 bits per heavy atom. The third-order valence-corrected chi connectivity index (χ3v) is 10.7. The first kappa shape index (κ1) is 23.0. The fourth-order valence-corrected chi connectivity index (χ4v) is 8.73. The van der Waals surface area contributed by atoms with Crippen molar-refractivity contribution in [3.63, 3.8) is 0 Å². The first-order chi connectivity index (χ1) is 19.7. The van der Waals surface area contributed by atoms with Crippen LogP contribution in [0.2, 0.25) is 0 Å². The van der Waals surface area contributed by atoms with Crippen molar-refractivity contribution >= 4 is 23.1 Å². The summed E-state index contributed by atoms with van der Waals surface area (Å²) >= 11 is 0. The van der Waals surface area contributed by atoms with Gasteiger partial charge in [-0.3, -0.25) is 4.98 Å². The number of hydrogen-bond donors (Lipinski definition) is 0. The van der Waals surface area contributed by atoms with Crippen LogP contribution < -0.4 is 25.4 Å². The van der Waals surface area contributed by atoms with Crippen LogP contribution in [0.5, 0.6) is 23.0 Å². The minimum Gasteiger partial charge on any atom is -0.456 e. The second-order valence-electron chi connectivity index (χ2n) is 9.91. The average Bonchev–Trinajstić information content (AvgIpc) is 3.02. The molecule has 4 nitrogen and oxygen atoms in total. The van der Waals surface area contributed by atoms with Crippen molar-refractivity contribution in [3.05, 3.63) is 134 Å². The molecule has 1 unspecified atom stereocenters. The normalized spacial score (nSPS) is 16.1. The number of hydrogen-bond acceptors (Lipinski definition) is 4. The first-order valence-electron chi connectivity index (χ1n) is 13.1.